The van der Waals surface area contributed by atoms with E-state index in [-0.39, 0.29) is 38.9 Å². The number of carboxylic acids is 1. The summed E-state index contributed by atoms with van der Waals surface area (Å²) in [6.45, 7) is 3.07. The maximum Gasteiger partial charge on any atom is 0.334 e. The van der Waals surface area contributed by atoms with Gasteiger partial charge in [-0.05, 0) is 19.9 Å². The fourth-order valence-electron chi connectivity index (χ4n) is 3.98. The van der Waals surface area contributed by atoms with Gasteiger partial charge in [0.25, 0.3) is 5.70 Å². The third-order valence-corrected chi connectivity index (χ3v) is 5.31. The molecule has 2 aromatic carbocycles. The van der Waals surface area contributed by atoms with Crippen molar-refractivity contribution >= 4 is 16.9 Å². The molecule has 0 bridgehead atoms. The first-order valence-electron chi connectivity index (χ1n) is 9.48. The van der Waals surface area contributed by atoms with Crippen LogP contribution in [0.1, 0.15) is 25.3 Å². The molecule has 8 heteroatoms. The Kier molecular flexibility index (Phi) is 4.90. The average Bonchev–Trinajstić information content (AvgIpc) is 2.72. The lowest BCUT2D eigenvalue weighted by atomic mass is 9.83. The number of carbonyl (C=O) groups is 1. The summed E-state index contributed by atoms with van der Waals surface area (Å²) in [5.41, 5.74) is 0.761. The van der Waals surface area contributed by atoms with Crippen LogP contribution in [-0.2, 0) is 4.79 Å². The van der Waals surface area contributed by atoms with Crippen LogP contribution in [0.4, 0.5) is 0 Å². The van der Waals surface area contributed by atoms with Crippen molar-refractivity contribution in [2.24, 2.45) is 0 Å². The van der Waals surface area contributed by atoms with E-state index in [1.807, 2.05) is 6.07 Å². The lowest BCUT2D eigenvalue weighted by molar-refractivity contribution is -0.431. The summed E-state index contributed by atoms with van der Waals surface area (Å²) in [6.07, 6.45) is 0. The summed E-state index contributed by atoms with van der Waals surface area (Å²) in [4.78, 5) is 36.2. The highest BCUT2D eigenvalue weighted by molar-refractivity contribution is 5.93. The minimum Gasteiger partial charge on any atom is -0.478 e. The van der Waals surface area contributed by atoms with Crippen molar-refractivity contribution in [2.75, 3.05) is 0 Å². The monoisotopic (exact) mass is 418 g/mol. The van der Waals surface area contributed by atoms with Crippen LogP contribution in [0, 0.1) is 10.1 Å². The largest absolute Gasteiger partial charge is 0.478 e. The van der Waals surface area contributed by atoms with Gasteiger partial charge in [0.15, 0.2) is 5.43 Å². The van der Waals surface area contributed by atoms with Gasteiger partial charge in [-0.15, -0.1) is 0 Å². The molecule has 0 saturated heterocycles. The molecule has 1 aromatic heterocycles. The predicted molar refractivity (Wildman–Crippen MR) is 114 cm³/mol. The Morgan fingerprint density at radius 1 is 1.10 bits per heavy atom. The molecule has 0 radical (unpaired) electrons. The van der Waals surface area contributed by atoms with Crippen molar-refractivity contribution in [3.63, 3.8) is 0 Å². The third-order valence-electron chi connectivity index (χ3n) is 5.31. The molecule has 0 fully saturated rings. The molecular formula is C23H18N2O6. The molecule has 2 N–H and O–H groups in total. The number of hydrogen-bond donors (Lipinski definition) is 2. The van der Waals surface area contributed by atoms with E-state index >= 15 is 0 Å². The van der Waals surface area contributed by atoms with Crippen LogP contribution < -0.4 is 10.7 Å². The summed E-state index contributed by atoms with van der Waals surface area (Å²) in [7, 11) is 0. The van der Waals surface area contributed by atoms with Crippen molar-refractivity contribution in [1.29, 1.82) is 0 Å². The van der Waals surface area contributed by atoms with Crippen LogP contribution in [0.5, 0.6) is 0 Å². The van der Waals surface area contributed by atoms with Crippen LogP contribution >= 0.6 is 0 Å². The number of dihydropyridines is 1. The Balaban J connectivity index is 2.07. The Morgan fingerprint density at radius 3 is 2.45 bits per heavy atom. The van der Waals surface area contributed by atoms with E-state index in [0.29, 0.717) is 17.0 Å². The van der Waals surface area contributed by atoms with Crippen LogP contribution in [0.3, 0.4) is 0 Å². The van der Waals surface area contributed by atoms with Gasteiger partial charge in [-0.2, -0.15) is 0 Å². The zero-order valence-corrected chi connectivity index (χ0v) is 16.7. The van der Waals surface area contributed by atoms with Gasteiger partial charge < -0.3 is 14.8 Å². The van der Waals surface area contributed by atoms with Crippen molar-refractivity contribution < 1.29 is 19.2 Å². The van der Waals surface area contributed by atoms with Gasteiger partial charge in [0, 0.05) is 22.9 Å². The Bertz CT molecular complexity index is 1320. The zero-order chi connectivity index (χ0) is 22.3. The zero-order valence-electron chi connectivity index (χ0n) is 16.7. The van der Waals surface area contributed by atoms with Gasteiger partial charge in [-0.25, -0.2) is 4.79 Å². The van der Waals surface area contributed by atoms with Gasteiger partial charge in [-0.1, -0.05) is 42.5 Å². The fourth-order valence-corrected chi connectivity index (χ4v) is 3.98. The Labute approximate surface area is 176 Å². The number of benzene rings is 2. The highest BCUT2D eigenvalue weighted by Gasteiger charge is 2.41. The molecule has 4 rings (SSSR count). The van der Waals surface area contributed by atoms with Gasteiger partial charge in [0.05, 0.1) is 21.6 Å². The molecular weight excluding hydrogens is 400 g/mol. The second-order valence-corrected chi connectivity index (χ2v) is 7.23. The second-order valence-electron chi connectivity index (χ2n) is 7.23. The van der Waals surface area contributed by atoms with E-state index in [2.05, 4.69) is 5.32 Å². The number of fused-ring (bicyclic) bond motifs is 1. The Morgan fingerprint density at radius 2 is 1.81 bits per heavy atom. The predicted octanol–water partition coefficient (Wildman–Crippen LogP) is 4.01. The number of nitro groups is 1. The standard InChI is InChI=1S/C23H18N2O6/c1-12-19(23(27)28)20(21(25(29)30)13(2)24-12)16-10-6-9-15-17(26)11-18(31-22(15)16)14-7-4-3-5-8-14/h3-11,20,24H,1-2H3,(H,27,28). The molecule has 0 saturated carbocycles. The molecule has 3 aromatic rings. The van der Waals surface area contributed by atoms with Crippen LogP contribution in [-0.4, -0.2) is 16.0 Å². The number of para-hydroxylation sites is 1. The van der Waals surface area contributed by atoms with Gasteiger partial charge in [0.1, 0.15) is 17.3 Å². The lowest BCUT2D eigenvalue weighted by Gasteiger charge is -2.25. The molecule has 2 heterocycles. The number of allylic oxidation sites excluding steroid dienone is 3. The quantitative estimate of drug-likeness (QED) is 0.485. The van der Waals surface area contributed by atoms with Crippen molar-refractivity contribution in [1.82, 2.24) is 5.32 Å². The number of aliphatic carboxylic acids is 1. The maximum atomic E-state index is 12.8. The minimum atomic E-state index is -1.29. The first-order chi connectivity index (χ1) is 14.8. The van der Waals surface area contributed by atoms with Crippen molar-refractivity contribution in [3.05, 3.63) is 103 Å². The average molecular weight is 418 g/mol. The van der Waals surface area contributed by atoms with Gasteiger partial charge in [0.2, 0.25) is 0 Å². The first kappa shape index (κ1) is 20.1. The molecule has 1 aliphatic rings. The normalized spacial score (nSPS) is 16.4. The smallest absolute Gasteiger partial charge is 0.334 e. The number of carboxylic acid groups (broad SMARTS) is 1. The topological polar surface area (TPSA) is 123 Å². The highest BCUT2D eigenvalue weighted by atomic mass is 16.6. The molecule has 0 spiro atoms. The number of rotatable bonds is 4. The summed E-state index contributed by atoms with van der Waals surface area (Å²) in [5, 5.41) is 24.8. The number of hydrogen-bond acceptors (Lipinski definition) is 6. The van der Waals surface area contributed by atoms with Crippen molar-refractivity contribution in [3.8, 4) is 11.3 Å². The fraction of sp³-hybridized carbons (Fsp3) is 0.130. The van der Waals surface area contributed by atoms with Crippen LogP contribution in [0.25, 0.3) is 22.3 Å². The van der Waals surface area contributed by atoms with E-state index in [9.17, 15) is 24.8 Å². The summed E-state index contributed by atoms with van der Waals surface area (Å²) >= 11 is 0. The third kappa shape index (κ3) is 3.38. The number of nitrogens with zero attached hydrogens (tertiary/aromatic N) is 1. The molecule has 0 amide bonds. The van der Waals surface area contributed by atoms with E-state index in [4.69, 9.17) is 4.42 Å². The maximum absolute atomic E-state index is 12.8. The van der Waals surface area contributed by atoms with E-state index in [1.165, 1.54) is 13.0 Å². The van der Waals surface area contributed by atoms with E-state index in [1.54, 1.807) is 49.4 Å². The van der Waals surface area contributed by atoms with Crippen molar-refractivity contribution in [2.45, 2.75) is 19.8 Å². The number of nitrogens with one attached hydrogen (secondary N) is 1. The van der Waals surface area contributed by atoms with E-state index in [0.717, 1.165) is 0 Å². The molecule has 1 unspecified atom stereocenters. The van der Waals surface area contributed by atoms with Crippen LogP contribution in [0.15, 0.2) is 86.5 Å². The molecule has 1 aliphatic heterocycles. The first-order valence-corrected chi connectivity index (χ1v) is 9.48. The summed E-state index contributed by atoms with van der Waals surface area (Å²) in [6, 6.07) is 15.0. The molecule has 1 atom stereocenters. The molecule has 156 valence electrons. The van der Waals surface area contributed by atoms with E-state index < -0.39 is 16.8 Å². The SMILES string of the molecule is CC1=C(C(=O)O)C(c2cccc3c(=O)cc(-c4ccccc4)oc23)C([N+](=O)[O-])=C(C)N1. The molecule has 8 nitrogen and oxygen atoms in total. The second kappa shape index (κ2) is 7.56. The lowest BCUT2D eigenvalue weighted by Crippen LogP contribution is -2.31. The molecule has 0 aliphatic carbocycles. The molecule has 31 heavy (non-hydrogen) atoms. The summed E-state index contributed by atoms with van der Waals surface area (Å²) in [5.74, 6) is -2.22. The van der Waals surface area contributed by atoms with Crippen LogP contribution in [0.2, 0.25) is 0 Å². The highest BCUT2D eigenvalue weighted by Crippen LogP contribution is 2.41. The van der Waals surface area contributed by atoms with Gasteiger partial charge >= 0.3 is 5.97 Å². The summed E-state index contributed by atoms with van der Waals surface area (Å²) < 4.78 is 6.06. The Hall–Kier alpha value is -4.20. The minimum absolute atomic E-state index is 0.124. The van der Waals surface area contributed by atoms with Gasteiger partial charge in [-0.3, -0.25) is 14.9 Å².